The van der Waals surface area contributed by atoms with Crippen LogP contribution < -0.4 is 21.6 Å². The van der Waals surface area contributed by atoms with Gasteiger partial charge in [-0.1, -0.05) is 120 Å². The third-order valence-corrected chi connectivity index (χ3v) is 9.71. The molecule has 1 nitrogen and oxygen atoms in total. The summed E-state index contributed by atoms with van der Waals surface area (Å²) in [6, 6.07) is 27.3. The quantitative estimate of drug-likeness (QED) is 0.539. The fraction of sp³-hybridized carbons (Fsp3) is 0.357. The van der Waals surface area contributed by atoms with E-state index in [1.54, 1.807) is 0 Å². The molecule has 0 aromatic heterocycles. The van der Waals surface area contributed by atoms with Gasteiger partial charge in [-0.25, -0.2) is 0 Å². The van der Waals surface area contributed by atoms with E-state index in [-0.39, 0.29) is 10.8 Å². The fourth-order valence-electron chi connectivity index (χ4n) is 5.16. The molecule has 0 saturated heterocycles. The molecule has 0 unspecified atom stereocenters. The Bertz CT molecular complexity index is 1030. The second-order valence-corrected chi connectivity index (χ2v) is 15.5. The van der Waals surface area contributed by atoms with Crippen molar-refractivity contribution in [3.05, 3.63) is 83.9 Å². The van der Waals surface area contributed by atoms with Crippen LogP contribution in [0.3, 0.4) is 0 Å². The van der Waals surface area contributed by atoms with Gasteiger partial charge in [-0.15, -0.1) is 0 Å². The maximum atomic E-state index is 7.23. The maximum Gasteiger partial charge on any atom is 0.188 e. The van der Waals surface area contributed by atoms with E-state index in [2.05, 4.69) is 127 Å². The third kappa shape index (κ3) is 3.72. The van der Waals surface area contributed by atoms with Gasteiger partial charge in [0.05, 0.1) is 0 Å². The second kappa shape index (κ2) is 7.22. The normalized spacial score (nSPS) is 17.4. The summed E-state index contributed by atoms with van der Waals surface area (Å²) >= 11 is 0. The number of hydrogen-bond acceptors (Lipinski definition) is 1. The summed E-state index contributed by atoms with van der Waals surface area (Å²) < 4.78 is 7.23. The van der Waals surface area contributed by atoms with Crippen molar-refractivity contribution < 1.29 is 4.34 Å². The minimum atomic E-state index is -2.03. The first-order chi connectivity index (χ1) is 14.4. The fourth-order valence-corrected chi connectivity index (χ4v) is 8.05. The van der Waals surface area contributed by atoms with Gasteiger partial charge in [0.2, 0.25) is 0 Å². The molecular formula is C28H36BOSi-. The van der Waals surface area contributed by atoms with Gasteiger partial charge in [-0.2, -0.15) is 16.4 Å². The molecule has 0 spiro atoms. The van der Waals surface area contributed by atoms with Crippen LogP contribution in [-0.4, -0.2) is 14.7 Å². The van der Waals surface area contributed by atoms with Gasteiger partial charge in [0.1, 0.15) is 0 Å². The van der Waals surface area contributed by atoms with Gasteiger partial charge < -0.3 is 4.34 Å². The number of benzene rings is 3. The zero-order valence-corrected chi connectivity index (χ0v) is 21.4. The molecule has 0 radical (unpaired) electrons. The summed E-state index contributed by atoms with van der Waals surface area (Å²) in [5.74, 6) is 0. The molecule has 1 aliphatic heterocycles. The van der Waals surface area contributed by atoms with Crippen LogP contribution in [0, 0.1) is 0 Å². The van der Waals surface area contributed by atoms with E-state index < -0.39 is 14.7 Å². The summed E-state index contributed by atoms with van der Waals surface area (Å²) in [6.07, 6.45) is -1.45. The lowest BCUT2D eigenvalue weighted by Crippen LogP contribution is -2.68. The highest BCUT2D eigenvalue weighted by Gasteiger charge is 2.45. The Morgan fingerprint density at radius 2 is 1.03 bits per heavy atom. The van der Waals surface area contributed by atoms with E-state index in [9.17, 15) is 0 Å². The van der Waals surface area contributed by atoms with Crippen LogP contribution in [0.2, 0.25) is 13.1 Å². The molecule has 4 rings (SSSR count). The van der Waals surface area contributed by atoms with Crippen molar-refractivity contribution in [2.75, 3.05) is 0 Å². The van der Waals surface area contributed by atoms with Crippen LogP contribution in [0.4, 0.5) is 0 Å². The standard InChI is InChI=1S/C28H36BOSi/c1-27(2,3)21-13-17-23(18-14-21)29(24-19-15-22(16-20-24)28(4,5)6)25-11-9-10-12-26(25)31(7,8)30-29/h9-20H,1-8H3/q-1. The third-order valence-electron chi connectivity index (χ3n) is 7.01. The Morgan fingerprint density at radius 1 is 0.613 bits per heavy atom. The summed E-state index contributed by atoms with van der Waals surface area (Å²) in [7, 11) is -2.03. The zero-order valence-electron chi connectivity index (χ0n) is 20.4. The van der Waals surface area contributed by atoms with E-state index in [1.165, 1.54) is 32.7 Å². The van der Waals surface area contributed by atoms with Crippen molar-refractivity contribution in [2.24, 2.45) is 0 Å². The van der Waals surface area contributed by atoms with Gasteiger partial charge in [0, 0.05) is 0 Å². The Hall–Kier alpha value is -2.10. The maximum absolute atomic E-state index is 7.23. The van der Waals surface area contributed by atoms with Crippen molar-refractivity contribution in [3.63, 3.8) is 0 Å². The van der Waals surface area contributed by atoms with Crippen LogP contribution in [0.15, 0.2) is 72.8 Å². The molecule has 3 heteroatoms. The van der Waals surface area contributed by atoms with Crippen LogP contribution in [-0.2, 0) is 15.2 Å². The van der Waals surface area contributed by atoms with Crippen molar-refractivity contribution in [2.45, 2.75) is 65.5 Å². The number of hydrogen-bond donors (Lipinski definition) is 0. The Kier molecular flexibility index (Phi) is 5.15. The van der Waals surface area contributed by atoms with E-state index in [1.807, 2.05) is 0 Å². The number of rotatable bonds is 2. The molecule has 3 aromatic carbocycles. The molecule has 31 heavy (non-hydrogen) atoms. The Morgan fingerprint density at radius 3 is 1.45 bits per heavy atom. The van der Waals surface area contributed by atoms with Crippen molar-refractivity contribution in [3.8, 4) is 0 Å². The summed E-state index contributed by atoms with van der Waals surface area (Å²) in [6.45, 7) is 18.3. The average molecular weight is 427 g/mol. The molecular weight excluding hydrogens is 391 g/mol. The SMILES string of the molecule is CC(C)(C)c1ccc([B-]2(c3ccc(C(C)(C)C)cc3)O[Si](C)(C)c3ccccc32)cc1. The van der Waals surface area contributed by atoms with E-state index in [0.717, 1.165) is 0 Å². The molecule has 1 heterocycles. The lowest BCUT2D eigenvalue weighted by atomic mass is 9.29. The molecule has 0 atom stereocenters. The molecule has 0 saturated carbocycles. The largest absolute Gasteiger partial charge is 0.621 e. The summed E-state index contributed by atoms with van der Waals surface area (Å²) in [4.78, 5) is 0. The Balaban J connectivity index is 1.95. The zero-order chi connectivity index (χ0) is 22.7. The van der Waals surface area contributed by atoms with Crippen LogP contribution >= 0.6 is 0 Å². The van der Waals surface area contributed by atoms with Crippen molar-refractivity contribution >= 4 is 36.2 Å². The van der Waals surface area contributed by atoms with Gasteiger partial charge in [0.25, 0.3) is 0 Å². The molecule has 1 aliphatic rings. The monoisotopic (exact) mass is 427 g/mol. The molecule has 0 bridgehead atoms. The van der Waals surface area contributed by atoms with Crippen molar-refractivity contribution in [1.29, 1.82) is 0 Å². The molecule has 0 N–H and O–H groups in total. The van der Waals surface area contributed by atoms with Crippen LogP contribution in [0.25, 0.3) is 0 Å². The topological polar surface area (TPSA) is 9.23 Å². The van der Waals surface area contributed by atoms with E-state index in [0.29, 0.717) is 0 Å². The highest BCUT2D eigenvalue weighted by molar-refractivity contribution is 7.18. The predicted molar refractivity (Wildman–Crippen MR) is 140 cm³/mol. The minimum Gasteiger partial charge on any atom is -0.621 e. The predicted octanol–water partition coefficient (Wildman–Crippen LogP) is 4.69. The van der Waals surface area contributed by atoms with E-state index in [4.69, 9.17) is 4.34 Å². The van der Waals surface area contributed by atoms with Gasteiger partial charge in [0.15, 0.2) is 14.7 Å². The van der Waals surface area contributed by atoms with Crippen molar-refractivity contribution in [1.82, 2.24) is 0 Å². The van der Waals surface area contributed by atoms with E-state index >= 15 is 0 Å². The average Bonchev–Trinajstić information content (AvgIpc) is 2.96. The number of fused-ring (bicyclic) bond motifs is 1. The second-order valence-electron chi connectivity index (χ2n) is 11.7. The smallest absolute Gasteiger partial charge is 0.188 e. The molecule has 0 amide bonds. The Labute approximate surface area is 190 Å². The van der Waals surface area contributed by atoms with Gasteiger partial charge in [-0.3, -0.25) is 0 Å². The lowest BCUT2D eigenvalue weighted by Gasteiger charge is -2.43. The van der Waals surface area contributed by atoms with Crippen LogP contribution in [0.5, 0.6) is 0 Å². The minimum absolute atomic E-state index is 0.134. The lowest BCUT2D eigenvalue weighted by molar-refractivity contribution is 0.587. The first kappa shape index (κ1) is 22.1. The molecule has 3 aromatic rings. The molecule has 162 valence electrons. The highest BCUT2D eigenvalue weighted by Crippen LogP contribution is 2.26. The molecule has 0 aliphatic carbocycles. The van der Waals surface area contributed by atoms with Gasteiger partial charge in [-0.05, 0) is 35.1 Å². The van der Waals surface area contributed by atoms with Crippen LogP contribution in [0.1, 0.15) is 52.7 Å². The summed E-state index contributed by atoms with van der Waals surface area (Å²) in [5.41, 5.74) is 6.90. The highest BCUT2D eigenvalue weighted by atomic mass is 28.4. The first-order valence-electron chi connectivity index (χ1n) is 11.5. The first-order valence-corrected chi connectivity index (χ1v) is 14.4. The summed E-state index contributed by atoms with van der Waals surface area (Å²) in [5, 5.41) is 1.43. The van der Waals surface area contributed by atoms with Gasteiger partial charge >= 0.3 is 0 Å². The molecule has 0 fully saturated rings.